The van der Waals surface area contributed by atoms with Crippen LogP contribution in [0.4, 0.5) is 0 Å². The fraction of sp³-hybridized carbons (Fsp3) is 0.611. The minimum absolute atomic E-state index is 0.518. The summed E-state index contributed by atoms with van der Waals surface area (Å²) < 4.78 is 11.3. The molecular weight excluding hydrogens is 294 g/mol. The molecule has 0 aromatic heterocycles. The lowest BCUT2D eigenvalue weighted by molar-refractivity contribution is -0.159. The standard InChI is InChI=1S/C18H25NO4/c1-14-2-4-16(5-3-14)23-18(17(20)21)7-9-19(10-8-18)12-15-6-11-22-13-15/h2-5,15H,6-13H2,1H3,(H,20,21). The van der Waals surface area contributed by atoms with Gasteiger partial charge in [0.05, 0.1) is 6.61 Å². The van der Waals surface area contributed by atoms with Crippen molar-refractivity contribution in [2.24, 2.45) is 5.92 Å². The monoisotopic (exact) mass is 319 g/mol. The molecule has 2 fully saturated rings. The topological polar surface area (TPSA) is 59.0 Å². The normalized spacial score (nSPS) is 24.5. The van der Waals surface area contributed by atoms with Gasteiger partial charge in [0.1, 0.15) is 5.75 Å². The maximum atomic E-state index is 11.8. The van der Waals surface area contributed by atoms with Crippen molar-refractivity contribution in [3.05, 3.63) is 29.8 Å². The quantitative estimate of drug-likeness (QED) is 0.902. The molecule has 5 heteroatoms. The maximum absolute atomic E-state index is 11.8. The highest BCUT2D eigenvalue weighted by atomic mass is 16.5. The average molecular weight is 319 g/mol. The Kier molecular flexibility index (Phi) is 4.87. The SMILES string of the molecule is Cc1ccc(OC2(C(=O)O)CCN(CC3CCOC3)CC2)cc1. The Morgan fingerprint density at radius 2 is 2.04 bits per heavy atom. The third-order valence-corrected chi connectivity index (χ3v) is 4.93. The smallest absolute Gasteiger partial charge is 0.348 e. The van der Waals surface area contributed by atoms with E-state index in [0.717, 1.165) is 44.8 Å². The molecule has 0 saturated carbocycles. The van der Waals surface area contributed by atoms with E-state index in [9.17, 15) is 9.90 Å². The first-order valence-corrected chi connectivity index (χ1v) is 8.37. The number of aliphatic carboxylic acids is 1. The highest BCUT2D eigenvalue weighted by molar-refractivity contribution is 5.78. The Morgan fingerprint density at radius 3 is 2.61 bits per heavy atom. The summed E-state index contributed by atoms with van der Waals surface area (Å²) in [6.07, 6.45) is 2.15. The molecule has 2 heterocycles. The Bertz CT molecular complexity index is 528. The van der Waals surface area contributed by atoms with E-state index in [0.29, 0.717) is 24.5 Å². The van der Waals surface area contributed by atoms with Crippen molar-refractivity contribution < 1.29 is 19.4 Å². The largest absolute Gasteiger partial charge is 0.478 e. The first-order valence-electron chi connectivity index (χ1n) is 8.37. The van der Waals surface area contributed by atoms with E-state index in [1.165, 1.54) is 0 Å². The van der Waals surface area contributed by atoms with Gasteiger partial charge in [-0.2, -0.15) is 0 Å². The lowest BCUT2D eigenvalue weighted by Gasteiger charge is -2.39. The molecular formula is C18H25NO4. The van der Waals surface area contributed by atoms with E-state index in [-0.39, 0.29) is 0 Å². The van der Waals surface area contributed by atoms with Gasteiger partial charge >= 0.3 is 5.97 Å². The number of piperidine rings is 1. The lowest BCUT2D eigenvalue weighted by atomic mass is 9.90. The number of aryl methyl sites for hydroxylation is 1. The zero-order valence-corrected chi connectivity index (χ0v) is 13.7. The van der Waals surface area contributed by atoms with Crippen molar-refractivity contribution >= 4 is 5.97 Å². The minimum atomic E-state index is -1.10. The number of hydrogen-bond donors (Lipinski definition) is 1. The molecule has 0 bridgehead atoms. The molecule has 1 unspecified atom stereocenters. The van der Waals surface area contributed by atoms with E-state index in [1.54, 1.807) is 0 Å². The van der Waals surface area contributed by atoms with Gasteiger partial charge in [-0.15, -0.1) is 0 Å². The molecule has 5 nitrogen and oxygen atoms in total. The summed E-state index contributed by atoms with van der Waals surface area (Å²) in [5.41, 5.74) is 0.0353. The van der Waals surface area contributed by atoms with Crippen molar-refractivity contribution in [2.45, 2.75) is 31.8 Å². The third kappa shape index (κ3) is 3.85. The highest BCUT2D eigenvalue weighted by Gasteiger charge is 2.44. The van der Waals surface area contributed by atoms with Gasteiger partial charge in [-0.05, 0) is 31.4 Å². The third-order valence-electron chi connectivity index (χ3n) is 4.93. The van der Waals surface area contributed by atoms with Crippen LogP contribution in [0.3, 0.4) is 0 Å². The number of rotatable bonds is 5. The molecule has 2 aliphatic heterocycles. The van der Waals surface area contributed by atoms with Crippen LogP contribution in [0.2, 0.25) is 0 Å². The van der Waals surface area contributed by atoms with Crippen LogP contribution in [-0.2, 0) is 9.53 Å². The van der Waals surface area contributed by atoms with Crippen molar-refractivity contribution in [1.82, 2.24) is 4.90 Å². The van der Waals surface area contributed by atoms with Gasteiger partial charge < -0.3 is 19.5 Å². The van der Waals surface area contributed by atoms with E-state index in [4.69, 9.17) is 9.47 Å². The van der Waals surface area contributed by atoms with Crippen LogP contribution in [0.5, 0.6) is 5.75 Å². The van der Waals surface area contributed by atoms with Crippen molar-refractivity contribution in [3.63, 3.8) is 0 Å². The molecule has 2 saturated heterocycles. The van der Waals surface area contributed by atoms with Crippen LogP contribution in [0.15, 0.2) is 24.3 Å². The van der Waals surface area contributed by atoms with E-state index in [2.05, 4.69) is 4.90 Å². The van der Waals surface area contributed by atoms with Gasteiger partial charge in [-0.1, -0.05) is 17.7 Å². The van der Waals surface area contributed by atoms with Gasteiger partial charge in [0, 0.05) is 39.1 Å². The van der Waals surface area contributed by atoms with Crippen LogP contribution in [-0.4, -0.2) is 54.4 Å². The molecule has 1 aromatic rings. The molecule has 0 radical (unpaired) electrons. The van der Waals surface area contributed by atoms with Gasteiger partial charge in [-0.25, -0.2) is 4.79 Å². The van der Waals surface area contributed by atoms with Gasteiger partial charge in [0.2, 0.25) is 5.60 Å². The molecule has 1 atom stereocenters. The van der Waals surface area contributed by atoms with Crippen molar-refractivity contribution in [2.75, 3.05) is 32.8 Å². The van der Waals surface area contributed by atoms with E-state index < -0.39 is 11.6 Å². The van der Waals surface area contributed by atoms with Crippen molar-refractivity contribution in [3.8, 4) is 5.75 Å². The van der Waals surface area contributed by atoms with Gasteiger partial charge in [0.15, 0.2) is 0 Å². The minimum Gasteiger partial charge on any atom is -0.478 e. The molecule has 3 rings (SSSR count). The lowest BCUT2D eigenvalue weighted by Crippen LogP contribution is -2.53. The Hall–Kier alpha value is -1.59. The van der Waals surface area contributed by atoms with Crippen LogP contribution in [0.1, 0.15) is 24.8 Å². The molecule has 1 aromatic carbocycles. The number of carboxylic acid groups (broad SMARTS) is 1. The summed E-state index contributed by atoms with van der Waals surface area (Å²) in [6.45, 7) is 6.21. The maximum Gasteiger partial charge on any atom is 0.348 e. The second kappa shape index (κ2) is 6.89. The second-order valence-corrected chi connectivity index (χ2v) is 6.74. The van der Waals surface area contributed by atoms with Crippen LogP contribution < -0.4 is 4.74 Å². The Balaban J connectivity index is 1.61. The average Bonchev–Trinajstić information content (AvgIpc) is 3.04. The fourth-order valence-electron chi connectivity index (χ4n) is 3.38. The molecule has 0 spiro atoms. The van der Waals surface area contributed by atoms with Gasteiger partial charge in [0.25, 0.3) is 0 Å². The number of benzene rings is 1. The van der Waals surface area contributed by atoms with E-state index in [1.807, 2.05) is 31.2 Å². The zero-order chi connectivity index (χ0) is 16.3. The van der Waals surface area contributed by atoms with Crippen molar-refractivity contribution in [1.29, 1.82) is 0 Å². The van der Waals surface area contributed by atoms with Crippen LogP contribution >= 0.6 is 0 Å². The molecule has 0 amide bonds. The second-order valence-electron chi connectivity index (χ2n) is 6.74. The predicted molar refractivity (Wildman–Crippen MR) is 86.8 cm³/mol. The summed E-state index contributed by atoms with van der Waals surface area (Å²) in [4.78, 5) is 14.2. The Labute approximate surface area is 137 Å². The Morgan fingerprint density at radius 1 is 1.35 bits per heavy atom. The van der Waals surface area contributed by atoms with Gasteiger partial charge in [-0.3, -0.25) is 0 Å². The number of hydrogen-bond acceptors (Lipinski definition) is 4. The number of carboxylic acids is 1. The predicted octanol–water partition coefficient (Wildman–Crippen LogP) is 2.33. The highest BCUT2D eigenvalue weighted by Crippen LogP contribution is 2.30. The zero-order valence-electron chi connectivity index (χ0n) is 13.7. The van der Waals surface area contributed by atoms with E-state index >= 15 is 0 Å². The number of nitrogens with zero attached hydrogens (tertiary/aromatic N) is 1. The first kappa shape index (κ1) is 16.3. The first-order chi connectivity index (χ1) is 11.1. The molecule has 126 valence electrons. The summed E-state index contributed by atoms with van der Waals surface area (Å²) in [5, 5.41) is 9.71. The summed E-state index contributed by atoms with van der Waals surface area (Å²) in [6, 6.07) is 7.59. The van der Waals surface area contributed by atoms with Crippen LogP contribution in [0.25, 0.3) is 0 Å². The molecule has 2 aliphatic rings. The number of carbonyl (C=O) groups is 1. The fourth-order valence-corrected chi connectivity index (χ4v) is 3.38. The molecule has 1 N–H and O–H groups in total. The molecule has 23 heavy (non-hydrogen) atoms. The molecule has 0 aliphatic carbocycles. The number of ether oxygens (including phenoxy) is 2. The summed E-state index contributed by atoms with van der Waals surface area (Å²) in [7, 11) is 0. The summed E-state index contributed by atoms with van der Waals surface area (Å²) >= 11 is 0. The van der Waals surface area contributed by atoms with Crippen LogP contribution in [0, 0.1) is 12.8 Å². The summed E-state index contributed by atoms with van der Waals surface area (Å²) in [5.74, 6) is 0.364. The number of likely N-dealkylation sites (tertiary alicyclic amines) is 1.